The molecule has 17 heteroatoms. The molecular formula is C27H26F3N5O9. The van der Waals surface area contributed by atoms with Crippen LogP contribution in [-0.4, -0.2) is 63.7 Å². The molecule has 2 aromatic carbocycles. The van der Waals surface area contributed by atoms with Crippen LogP contribution in [0.5, 0.6) is 23.1 Å². The largest absolute Gasteiger partial charge is 0.493 e. The van der Waals surface area contributed by atoms with Gasteiger partial charge in [0.1, 0.15) is 23.9 Å². The second-order valence-electron chi connectivity index (χ2n) is 9.28. The van der Waals surface area contributed by atoms with Gasteiger partial charge >= 0.3 is 24.1 Å². The third kappa shape index (κ3) is 8.24. The Morgan fingerprint density at radius 2 is 1.59 bits per heavy atom. The molecule has 2 amide bonds. The highest BCUT2D eigenvalue weighted by Gasteiger charge is 2.51. The number of hydrogen-bond acceptors (Lipinski definition) is 10. The van der Waals surface area contributed by atoms with Crippen LogP contribution in [0.1, 0.15) is 26.0 Å². The van der Waals surface area contributed by atoms with Gasteiger partial charge in [0.25, 0.3) is 0 Å². The lowest BCUT2D eigenvalue weighted by atomic mass is 9.89. The summed E-state index contributed by atoms with van der Waals surface area (Å²) < 4.78 is 61.0. The van der Waals surface area contributed by atoms with Gasteiger partial charge in [-0.3, -0.25) is 14.9 Å². The van der Waals surface area contributed by atoms with E-state index in [-0.39, 0.29) is 11.7 Å². The lowest BCUT2D eigenvalue weighted by Crippen LogP contribution is -2.35. The number of anilines is 2. The lowest BCUT2D eigenvalue weighted by Gasteiger charge is -2.24. The molecule has 234 valence electrons. The molecule has 4 rings (SSSR count). The number of hydrogen-bond donors (Lipinski definition) is 4. The number of alkyl halides is 3. The molecule has 0 fully saturated rings. The van der Waals surface area contributed by atoms with Gasteiger partial charge in [0.2, 0.25) is 5.88 Å². The molecule has 44 heavy (non-hydrogen) atoms. The van der Waals surface area contributed by atoms with Crippen molar-refractivity contribution < 1.29 is 56.5 Å². The minimum atomic E-state index is -4.56. The number of ether oxygens (including phenoxy) is 3. The molecule has 0 bridgehead atoms. The second kappa shape index (κ2) is 13.6. The van der Waals surface area contributed by atoms with Gasteiger partial charge in [0.05, 0.1) is 25.1 Å². The average molecular weight is 622 g/mol. The monoisotopic (exact) mass is 621 g/mol. The fourth-order valence-electron chi connectivity index (χ4n) is 3.37. The summed E-state index contributed by atoms with van der Waals surface area (Å²) in [5.41, 5.74) is -1.37. The molecule has 0 aliphatic carbocycles. The van der Waals surface area contributed by atoms with Crippen molar-refractivity contribution in [3.8, 4) is 23.1 Å². The molecule has 14 nitrogen and oxygen atoms in total. The van der Waals surface area contributed by atoms with Crippen LogP contribution in [0.2, 0.25) is 0 Å². The average Bonchev–Trinajstić information content (AvgIpc) is 3.40. The smallest absolute Gasteiger partial charge is 0.401 e. The lowest BCUT2D eigenvalue weighted by molar-refractivity contribution is -0.185. The zero-order valence-corrected chi connectivity index (χ0v) is 23.6. The zero-order valence-electron chi connectivity index (χ0n) is 23.6. The van der Waals surface area contributed by atoms with Crippen LogP contribution in [0.15, 0.2) is 53.3 Å². The van der Waals surface area contributed by atoms with E-state index >= 15 is 0 Å². The summed E-state index contributed by atoms with van der Waals surface area (Å²) in [4.78, 5) is 39.7. The Bertz CT molecular complexity index is 1650. The number of carbonyl (C=O) groups excluding carboxylic acids is 1. The first-order valence-electron chi connectivity index (χ1n) is 12.3. The molecule has 4 aromatic rings. The van der Waals surface area contributed by atoms with E-state index in [2.05, 4.69) is 25.8 Å². The van der Waals surface area contributed by atoms with Gasteiger partial charge in [-0.2, -0.15) is 13.2 Å². The van der Waals surface area contributed by atoms with E-state index in [0.29, 0.717) is 33.8 Å². The highest BCUT2D eigenvalue weighted by atomic mass is 19.4. The molecule has 4 N–H and O–H groups in total. The Hall–Kier alpha value is -5.61. The van der Waals surface area contributed by atoms with Crippen LogP contribution in [0.4, 0.5) is 29.5 Å². The van der Waals surface area contributed by atoms with Crippen molar-refractivity contribution in [3.63, 3.8) is 0 Å². The quantitative estimate of drug-likeness (QED) is 0.173. The van der Waals surface area contributed by atoms with Gasteiger partial charge in [0, 0.05) is 23.9 Å². The van der Waals surface area contributed by atoms with Crippen molar-refractivity contribution in [2.75, 3.05) is 24.9 Å². The van der Waals surface area contributed by atoms with Gasteiger partial charge in [-0.25, -0.2) is 14.8 Å². The summed E-state index contributed by atoms with van der Waals surface area (Å²) in [6.45, 7) is 1.91. The third-order valence-electron chi connectivity index (χ3n) is 5.79. The van der Waals surface area contributed by atoms with E-state index in [9.17, 15) is 27.6 Å². The highest BCUT2D eigenvalue weighted by Crippen LogP contribution is 2.41. The van der Waals surface area contributed by atoms with E-state index in [4.69, 9.17) is 28.9 Å². The summed E-state index contributed by atoms with van der Waals surface area (Å²) in [6, 6.07) is 10.1. The number of methoxy groups -OCH3 is 2. The first kappa shape index (κ1) is 32.9. The minimum absolute atomic E-state index is 0.172. The van der Waals surface area contributed by atoms with Crippen molar-refractivity contribution in [1.29, 1.82) is 0 Å². The number of carboxylic acids is 2. The van der Waals surface area contributed by atoms with Gasteiger partial charge in [-0.15, -0.1) is 0 Å². The van der Waals surface area contributed by atoms with Crippen molar-refractivity contribution in [1.82, 2.24) is 15.1 Å². The number of aromatic nitrogens is 3. The zero-order chi connectivity index (χ0) is 32.7. The third-order valence-corrected chi connectivity index (χ3v) is 5.79. The van der Waals surface area contributed by atoms with Crippen molar-refractivity contribution in [2.45, 2.75) is 31.9 Å². The van der Waals surface area contributed by atoms with Crippen molar-refractivity contribution in [2.24, 2.45) is 0 Å². The molecule has 2 heterocycles. The number of amides is 2. The van der Waals surface area contributed by atoms with Gasteiger partial charge in [0.15, 0.2) is 23.1 Å². The van der Waals surface area contributed by atoms with Gasteiger partial charge in [-0.1, -0.05) is 11.2 Å². The van der Waals surface area contributed by atoms with Crippen LogP contribution in [-0.2, 0) is 15.0 Å². The minimum Gasteiger partial charge on any atom is -0.493 e. The Morgan fingerprint density at radius 1 is 0.932 bits per heavy atom. The fraction of sp³-hybridized carbons (Fsp3) is 0.259. The molecule has 0 saturated heterocycles. The summed E-state index contributed by atoms with van der Waals surface area (Å²) >= 11 is 0. The first-order chi connectivity index (χ1) is 20.6. The van der Waals surface area contributed by atoms with Crippen LogP contribution in [0.25, 0.3) is 10.9 Å². The maximum absolute atomic E-state index is 13.2. The number of nitrogens with one attached hydrogen (secondary N) is 2. The van der Waals surface area contributed by atoms with Crippen LogP contribution >= 0.6 is 0 Å². The van der Waals surface area contributed by atoms with Gasteiger partial charge < -0.3 is 34.3 Å². The predicted octanol–water partition coefficient (Wildman–Crippen LogP) is 5.46. The van der Waals surface area contributed by atoms with Crippen LogP contribution in [0.3, 0.4) is 0 Å². The molecule has 0 unspecified atom stereocenters. The topological polar surface area (TPSA) is 195 Å². The maximum Gasteiger partial charge on any atom is 0.401 e. The number of fused-ring (bicyclic) bond motifs is 1. The number of carboxylic acid groups (broad SMARTS) is 2. The SMILES string of the molecule is COc1cc2ncnc(Oc3cccc(NC(=O)Nc4cc(C(C)(C)C(F)(F)F)on4)c3)c2cc1OC.O=C(O)CC(=O)O. The standard InChI is InChI=1S/C24H22F3N5O5.C3H4O4/c1-23(2,24(25,26)27)19-11-20(32-37-19)31-22(33)30-13-6-5-7-14(8-13)36-21-15-9-17(34-3)18(35-4)10-16(15)28-12-29-21;4-2(5)1-3(6)7/h5-12H,1-4H3,(H2,30,31,32,33);1H2,(H,4,5)(H,6,7). The molecule has 2 aromatic heterocycles. The predicted molar refractivity (Wildman–Crippen MR) is 147 cm³/mol. The Labute approximate surface area is 246 Å². The number of benzene rings is 2. The number of rotatable bonds is 9. The number of aliphatic carboxylic acids is 2. The summed E-state index contributed by atoms with van der Waals surface area (Å²) in [5, 5.41) is 24.4. The first-order valence-corrected chi connectivity index (χ1v) is 12.3. The number of halogens is 3. The van der Waals surface area contributed by atoms with Crippen molar-refractivity contribution >= 4 is 40.4 Å². The number of carbonyl (C=O) groups is 3. The molecule has 0 spiro atoms. The normalized spacial score (nSPS) is 11.2. The van der Waals surface area contributed by atoms with Gasteiger partial charge in [-0.05, 0) is 32.0 Å². The summed E-state index contributed by atoms with van der Waals surface area (Å²) in [6.07, 6.45) is -4.02. The Morgan fingerprint density at radius 3 is 2.18 bits per heavy atom. The maximum atomic E-state index is 13.2. The highest BCUT2D eigenvalue weighted by molar-refractivity contribution is 5.99. The Kier molecular flexibility index (Phi) is 10.2. The van der Waals surface area contributed by atoms with E-state index in [0.717, 1.165) is 19.9 Å². The molecule has 0 aliphatic heterocycles. The molecule has 0 atom stereocenters. The van der Waals surface area contributed by atoms with E-state index < -0.39 is 41.7 Å². The number of nitrogens with zero attached hydrogens (tertiary/aromatic N) is 3. The molecule has 0 radical (unpaired) electrons. The molecule has 0 aliphatic rings. The molecule has 0 saturated carbocycles. The van der Waals surface area contributed by atoms with E-state index in [1.807, 2.05) is 0 Å². The van der Waals surface area contributed by atoms with Crippen molar-refractivity contribution in [3.05, 3.63) is 54.6 Å². The fourth-order valence-corrected chi connectivity index (χ4v) is 3.37. The van der Waals surface area contributed by atoms with Crippen LogP contribution < -0.4 is 24.8 Å². The summed E-state index contributed by atoms with van der Waals surface area (Å²) in [5.74, 6) is -1.67. The summed E-state index contributed by atoms with van der Waals surface area (Å²) in [7, 11) is 3.02. The van der Waals surface area contributed by atoms with E-state index in [1.54, 1.807) is 30.3 Å². The molecular weight excluding hydrogens is 595 g/mol. The van der Waals surface area contributed by atoms with Crippen LogP contribution in [0, 0.1) is 0 Å². The number of urea groups is 1. The second-order valence-corrected chi connectivity index (χ2v) is 9.28. The Balaban J connectivity index is 0.000000676. The van der Waals surface area contributed by atoms with E-state index in [1.165, 1.54) is 26.6 Å².